The van der Waals surface area contributed by atoms with Crippen LogP contribution >= 0.6 is 0 Å². The highest BCUT2D eigenvalue weighted by molar-refractivity contribution is 5.90. The summed E-state index contributed by atoms with van der Waals surface area (Å²) in [6.45, 7) is 1.66. The number of hydrogen-bond donors (Lipinski definition) is 1. The van der Waals surface area contributed by atoms with Gasteiger partial charge in [0, 0.05) is 10.9 Å². The Bertz CT molecular complexity index is 989. The fourth-order valence-electron chi connectivity index (χ4n) is 3.01. The van der Waals surface area contributed by atoms with Crippen molar-refractivity contribution in [2.24, 2.45) is 0 Å². The van der Waals surface area contributed by atoms with Crippen LogP contribution in [-0.4, -0.2) is 9.55 Å². The molecule has 0 atom stereocenters. The van der Waals surface area contributed by atoms with Gasteiger partial charge < -0.3 is 5.73 Å². The summed E-state index contributed by atoms with van der Waals surface area (Å²) in [6, 6.07) is 10.6. The van der Waals surface area contributed by atoms with Crippen LogP contribution in [0, 0.1) is 12.7 Å². The minimum Gasteiger partial charge on any atom is -0.383 e. The van der Waals surface area contributed by atoms with Gasteiger partial charge in [-0.2, -0.15) is 4.98 Å². The van der Waals surface area contributed by atoms with Crippen LogP contribution in [-0.2, 0) is 0 Å². The smallest absolute Gasteiger partial charge is 0.354 e. The minimum absolute atomic E-state index is 0.206. The van der Waals surface area contributed by atoms with Gasteiger partial charge in [-0.15, -0.1) is 0 Å². The molecule has 0 saturated heterocycles. The highest BCUT2D eigenvalue weighted by Crippen LogP contribution is 2.41. The number of benzene rings is 2. The number of halogens is 1. The van der Waals surface area contributed by atoms with E-state index in [2.05, 4.69) is 4.98 Å². The van der Waals surface area contributed by atoms with Crippen LogP contribution in [0.1, 0.15) is 29.9 Å². The van der Waals surface area contributed by atoms with Crippen molar-refractivity contribution in [2.75, 3.05) is 5.73 Å². The molecule has 0 radical (unpaired) electrons. The standard InChI is InChI=1S/C18H16FN3O/c1-10-14(19)3-2-4-15(10)22-16-9-12(11-5-6-11)7-8-13(16)17(20)21-18(22)23/h2-4,7-9,11H,5-6H2,1H3,(H2,20,21,23). The lowest BCUT2D eigenvalue weighted by molar-refractivity contribution is 0.616. The Morgan fingerprint density at radius 2 is 2.04 bits per heavy atom. The van der Waals surface area contributed by atoms with E-state index in [4.69, 9.17) is 5.73 Å². The number of anilines is 1. The van der Waals surface area contributed by atoms with Gasteiger partial charge in [-0.3, -0.25) is 4.57 Å². The van der Waals surface area contributed by atoms with Crippen LogP contribution in [0.25, 0.3) is 16.6 Å². The molecule has 0 amide bonds. The van der Waals surface area contributed by atoms with Gasteiger partial charge in [-0.05, 0) is 55.5 Å². The van der Waals surface area contributed by atoms with Crippen molar-refractivity contribution in [1.29, 1.82) is 0 Å². The Balaban J connectivity index is 2.10. The maximum Gasteiger partial charge on any atom is 0.354 e. The molecule has 1 aliphatic rings. The van der Waals surface area contributed by atoms with E-state index in [0.29, 0.717) is 28.1 Å². The second kappa shape index (κ2) is 4.91. The molecule has 0 unspecified atom stereocenters. The SMILES string of the molecule is Cc1c(F)cccc1-n1c(=O)nc(N)c2ccc(C3CC3)cc21. The maximum absolute atomic E-state index is 13.9. The molecule has 1 aliphatic carbocycles. The van der Waals surface area contributed by atoms with Gasteiger partial charge >= 0.3 is 5.69 Å². The van der Waals surface area contributed by atoms with E-state index in [1.54, 1.807) is 19.1 Å². The summed E-state index contributed by atoms with van der Waals surface area (Å²) in [6.07, 6.45) is 2.32. The topological polar surface area (TPSA) is 60.9 Å². The lowest BCUT2D eigenvalue weighted by Gasteiger charge is -2.14. The number of nitrogens with zero attached hydrogens (tertiary/aromatic N) is 2. The van der Waals surface area contributed by atoms with Gasteiger partial charge in [0.05, 0.1) is 11.2 Å². The first-order valence-electron chi connectivity index (χ1n) is 7.64. The quantitative estimate of drug-likeness (QED) is 0.790. The molecule has 1 saturated carbocycles. The molecule has 5 heteroatoms. The third-order valence-electron chi connectivity index (χ3n) is 4.47. The summed E-state index contributed by atoms with van der Waals surface area (Å²) in [5, 5.41) is 0.706. The Kier molecular flexibility index (Phi) is 2.98. The lowest BCUT2D eigenvalue weighted by Crippen LogP contribution is -2.24. The molecule has 3 aromatic rings. The highest BCUT2D eigenvalue weighted by Gasteiger charge is 2.24. The van der Waals surface area contributed by atoms with Crippen molar-refractivity contribution in [3.8, 4) is 5.69 Å². The van der Waals surface area contributed by atoms with Crippen molar-refractivity contribution in [1.82, 2.24) is 9.55 Å². The summed E-state index contributed by atoms with van der Waals surface area (Å²) >= 11 is 0. The molecule has 1 fully saturated rings. The van der Waals surface area contributed by atoms with Crippen molar-refractivity contribution in [3.63, 3.8) is 0 Å². The molecular weight excluding hydrogens is 293 g/mol. The summed E-state index contributed by atoms with van der Waals surface area (Å²) in [4.78, 5) is 16.4. The predicted octanol–water partition coefficient (Wildman–Crippen LogP) is 3.29. The molecule has 1 aromatic heterocycles. The van der Waals surface area contributed by atoms with Gasteiger partial charge in [0.15, 0.2) is 0 Å². The monoisotopic (exact) mass is 309 g/mol. The van der Waals surface area contributed by atoms with Gasteiger partial charge in [-0.1, -0.05) is 12.1 Å². The van der Waals surface area contributed by atoms with E-state index in [1.165, 1.54) is 16.2 Å². The molecule has 4 nitrogen and oxygen atoms in total. The second-order valence-electron chi connectivity index (χ2n) is 6.05. The molecule has 2 N–H and O–H groups in total. The van der Waals surface area contributed by atoms with Crippen molar-refractivity contribution < 1.29 is 4.39 Å². The molecule has 0 bridgehead atoms. The van der Waals surface area contributed by atoms with E-state index in [-0.39, 0.29) is 11.6 Å². The molecule has 23 heavy (non-hydrogen) atoms. The van der Waals surface area contributed by atoms with Crippen LogP contribution in [0.3, 0.4) is 0 Å². The fourth-order valence-corrected chi connectivity index (χ4v) is 3.01. The van der Waals surface area contributed by atoms with Crippen LogP contribution in [0.2, 0.25) is 0 Å². The number of hydrogen-bond acceptors (Lipinski definition) is 3. The van der Waals surface area contributed by atoms with Crippen LogP contribution in [0.15, 0.2) is 41.2 Å². The summed E-state index contributed by atoms with van der Waals surface area (Å²) < 4.78 is 15.4. The minimum atomic E-state index is -0.489. The Morgan fingerprint density at radius 3 is 2.78 bits per heavy atom. The van der Waals surface area contributed by atoms with E-state index >= 15 is 0 Å². The van der Waals surface area contributed by atoms with E-state index in [0.717, 1.165) is 12.8 Å². The van der Waals surface area contributed by atoms with Crippen LogP contribution < -0.4 is 11.4 Å². The number of nitrogens with two attached hydrogens (primary N) is 1. The van der Waals surface area contributed by atoms with E-state index in [1.807, 2.05) is 18.2 Å². The number of nitrogen functional groups attached to an aromatic ring is 1. The summed E-state index contributed by atoms with van der Waals surface area (Å²) in [5.74, 6) is 0.404. The first kappa shape index (κ1) is 13.9. The van der Waals surface area contributed by atoms with E-state index < -0.39 is 5.69 Å². The maximum atomic E-state index is 13.9. The molecule has 4 rings (SSSR count). The summed E-state index contributed by atoms with van der Waals surface area (Å²) in [5.41, 5.74) is 8.21. The number of aromatic nitrogens is 2. The van der Waals surface area contributed by atoms with Gasteiger partial charge in [0.1, 0.15) is 11.6 Å². The normalized spacial score (nSPS) is 14.3. The Hall–Kier alpha value is -2.69. The number of rotatable bonds is 2. The molecule has 2 aromatic carbocycles. The Labute approximate surface area is 132 Å². The second-order valence-corrected chi connectivity index (χ2v) is 6.05. The zero-order chi connectivity index (χ0) is 16.1. The highest BCUT2D eigenvalue weighted by atomic mass is 19.1. The first-order valence-corrected chi connectivity index (χ1v) is 7.64. The van der Waals surface area contributed by atoms with Gasteiger partial charge in [0.25, 0.3) is 0 Å². The molecule has 0 aliphatic heterocycles. The lowest BCUT2D eigenvalue weighted by atomic mass is 10.1. The van der Waals surface area contributed by atoms with Gasteiger partial charge in [-0.25, -0.2) is 9.18 Å². The largest absolute Gasteiger partial charge is 0.383 e. The van der Waals surface area contributed by atoms with Crippen LogP contribution in [0.4, 0.5) is 10.2 Å². The van der Waals surface area contributed by atoms with Crippen molar-refractivity contribution >= 4 is 16.7 Å². The Morgan fingerprint density at radius 1 is 1.26 bits per heavy atom. The summed E-state index contributed by atoms with van der Waals surface area (Å²) in [7, 11) is 0. The average molecular weight is 309 g/mol. The molecule has 1 heterocycles. The zero-order valence-electron chi connectivity index (χ0n) is 12.7. The van der Waals surface area contributed by atoms with Crippen LogP contribution in [0.5, 0.6) is 0 Å². The third-order valence-corrected chi connectivity index (χ3v) is 4.47. The fraction of sp³-hybridized carbons (Fsp3) is 0.222. The van der Waals surface area contributed by atoms with E-state index in [9.17, 15) is 9.18 Å². The van der Waals surface area contributed by atoms with Crippen molar-refractivity contribution in [3.05, 3.63) is 63.8 Å². The molecular formula is C18H16FN3O. The molecule has 116 valence electrons. The molecule has 0 spiro atoms. The predicted molar refractivity (Wildman–Crippen MR) is 88.4 cm³/mol. The van der Waals surface area contributed by atoms with Crippen molar-refractivity contribution in [2.45, 2.75) is 25.7 Å². The zero-order valence-corrected chi connectivity index (χ0v) is 12.7. The first-order chi connectivity index (χ1) is 11.1. The number of fused-ring (bicyclic) bond motifs is 1. The van der Waals surface area contributed by atoms with Gasteiger partial charge in [0.2, 0.25) is 0 Å². The average Bonchev–Trinajstić information content (AvgIpc) is 3.35. The third kappa shape index (κ3) is 2.20.